The van der Waals surface area contributed by atoms with Crippen molar-refractivity contribution in [1.29, 1.82) is 0 Å². The van der Waals surface area contributed by atoms with Crippen LogP contribution in [0.5, 0.6) is 0 Å². The minimum Gasteiger partial charge on any atom is -0.356 e. The van der Waals surface area contributed by atoms with Gasteiger partial charge >= 0.3 is 0 Å². The minimum atomic E-state index is -0.579. The second kappa shape index (κ2) is 9.05. The fourth-order valence-corrected chi connectivity index (χ4v) is 4.26. The molecule has 2 aromatic carbocycles. The SMILES string of the molecule is CCNC(=O)[C@]1(Cc2ccccc2-c2ccccc2)CCCN(C(=O)CC)C1. The average Bonchev–Trinajstić information content (AvgIpc) is 2.74. The van der Waals surface area contributed by atoms with Crippen LogP contribution in [0, 0.1) is 5.41 Å². The third-order valence-electron chi connectivity index (χ3n) is 5.68. The maximum atomic E-state index is 13.2. The van der Waals surface area contributed by atoms with Gasteiger partial charge in [0.1, 0.15) is 0 Å². The van der Waals surface area contributed by atoms with Gasteiger partial charge in [0.05, 0.1) is 5.41 Å². The maximum Gasteiger partial charge on any atom is 0.228 e. The zero-order valence-electron chi connectivity index (χ0n) is 16.9. The summed E-state index contributed by atoms with van der Waals surface area (Å²) < 4.78 is 0. The average molecular weight is 379 g/mol. The van der Waals surface area contributed by atoms with Crippen LogP contribution in [0.1, 0.15) is 38.7 Å². The number of amides is 2. The predicted octanol–water partition coefficient (Wildman–Crippen LogP) is 4.05. The van der Waals surface area contributed by atoms with Crippen LogP contribution in [0.4, 0.5) is 0 Å². The molecule has 4 nitrogen and oxygen atoms in total. The van der Waals surface area contributed by atoms with Crippen molar-refractivity contribution in [3.8, 4) is 11.1 Å². The fraction of sp³-hybridized carbons (Fsp3) is 0.417. The van der Waals surface area contributed by atoms with E-state index in [9.17, 15) is 9.59 Å². The van der Waals surface area contributed by atoms with Crippen molar-refractivity contribution in [1.82, 2.24) is 10.2 Å². The van der Waals surface area contributed by atoms with E-state index in [1.165, 1.54) is 0 Å². The first kappa shape index (κ1) is 20.1. The lowest BCUT2D eigenvalue weighted by Gasteiger charge is -2.42. The molecule has 1 aliphatic heterocycles. The van der Waals surface area contributed by atoms with E-state index in [-0.39, 0.29) is 11.8 Å². The van der Waals surface area contributed by atoms with Gasteiger partial charge in [-0.05, 0) is 42.9 Å². The number of hydrogen-bond donors (Lipinski definition) is 1. The van der Waals surface area contributed by atoms with Gasteiger partial charge in [-0.1, -0.05) is 61.5 Å². The number of benzene rings is 2. The lowest BCUT2D eigenvalue weighted by molar-refractivity contribution is -0.141. The Bertz CT molecular complexity index is 818. The summed E-state index contributed by atoms with van der Waals surface area (Å²) in [6.07, 6.45) is 2.77. The first-order valence-corrected chi connectivity index (χ1v) is 10.3. The molecule has 3 rings (SSSR count). The molecule has 148 valence electrons. The fourth-order valence-electron chi connectivity index (χ4n) is 4.26. The number of nitrogens with one attached hydrogen (secondary N) is 1. The second-order valence-corrected chi connectivity index (χ2v) is 7.61. The number of nitrogens with zero attached hydrogens (tertiary/aromatic N) is 1. The number of carbonyl (C=O) groups is 2. The van der Waals surface area contributed by atoms with Crippen LogP contribution in [-0.4, -0.2) is 36.3 Å². The van der Waals surface area contributed by atoms with Crippen LogP contribution in [0.2, 0.25) is 0 Å². The Balaban J connectivity index is 1.97. The van der Waals surface area contributed by atoms with Crippen molar-refractivity contribution in [2.24, 2.45) is 5.41 Å². The molecule has 2 amide bonds. The van der Waals surface area contributed by atoms with Crippen LogP contribution in [0.15, 0.2) is 54.6 Å². The van der Waals surface area contributed by atoms with E-state index in [0.29, 0.717) is 25.9 Å². The molecule has 0 unspecified atom stereocenters. The monoisotopic (exact) mass is 378 g/mol. The molecule has 0 saturated carbocycles. The molecule has 1 N–H and O–H groups in total. The lowest BCUT2D eigenvalue weighted by atomic mass is 9.73. The number of hydrogen-bond acceptors (Lipinski definition) is 2. The highest BCUT2D eigenvalue weighted by Crippen LogP contribution is 2.37. The van der Waals surface area contributed by atoms with Crippen LogP contribution < -0.4 is 5.32 Å². The smallest absolute Gasteiger partial charge is 0.228 e. The minimum absolute atomic E-state index is 0.0615. The van der Waals surface area contributed by atoms with Crippen molar-refractivity contribution in [3.05, 3.63) is 60.2 Å². The molecular weight excluding hydrogens is 348 g/mol. The summed E-state index contributed by atoms with van der Waals surface area (Å²) in [6, 6.07) is 18.6. The lowest BCUT2D eigenvalue weighted by Crippen LogP contribution is -2.54. The summed E-state index contributed by atoms with van der Waals surface area (Å²) in [5.74, 6) is 0.191. The van der Waals surface area contributed by atoms with E-state index >= 15 is 0 Å². The predicted molar refractivity (Wildman–Crippen MR) is 113 cm³/mol. The highest BCUT2D eigenvalue weighted by molar-refractivity contribution is 5.85. The van der Waals surface area contributed by atoms with Crippen LogP contribution >= 0.6 is 0 Å². The molecule has 0 bridgehead atoms. The van der Waals surface area contributed by atoms with Gasteiger partial charge in [0.2, 0.25) is 11.8 Å². The van der Waals surface area contributed by atoms with Crippen molar-refractivity contribution >= 4 is 11.8 Å². The Morgan fingerprint density at radius 3 is 2.46 bits per heavy atom. The molecule has 1 fully saturated rings. The number of carbonyl (C=O) groups excluding carboxylic acids is 2. The first-order valence-electron chi connectivity index (χ1n) is 10.3. The van der Waals surface area contributed by atoms with Gasteiger partial charge in [-0.25, -0.2) is 0 Å². The van der Waals surface area contributed by atoms with Crippen molar-refractivity contribution in [2.75, 3.05) is 19.6 Å². The molecule has 4 heteroatoms. The van der Waals surface area contributed by atoms with E-state index in [0.717, 1.165) is 36.1 Å². The summed E-state index contributed by atoms with van der Waals surface area (Å²) in [7, 11) is 0. The molecule has 1 atom stereocenters. The third kappa shape index (κ3) is 4.27. The third-order valence-corrected chi connectivity index (χ3v) is 5.68. The Hall–Kier alpha value is -2.62. The zero-order chi connectivity index (χ0) is 20.0. The van der Waals surface area contributed by atoms with E-state index in [4.69, 9.17) is 0 Å². The Morgan fingerprint density at radius 1 is 1.04 bits per heavy atom. The van der Waals surface area contributed by atoms with Gasteiger partial charge in [0, 0.05) is 26.1 Å². The Morgan fingerprint density at radius 2 is 1.75 bits per heavy atom. The molecule has 0 spiro atoms. The van der Waals surface area contributed by atoms with Gasteiger partial charge < -0.3 is 10.2 Å². The van der Waals surface area contributed by atoms with Crippen LogP contribution in [0.25, 0.3) is 11.1 Å². The molecule has 1 saturated heterocycles. The van der Waals surface area contributed by atoms with Crippen molar-refractivity contribution in [2.45, 2.75) is 39.5 Å². The highest BCUT2D eigenvalue weighted by Gasteiger charge is 2.43. The van der Waals surface area contributed by atoms with Gasteiger partial charge in [0.25, 0.3) is 0 Å². The summed E-state index contributed by atoms with van der Waals surface area (Å²) in [5.41, 5.74) is 2.89. The van der Waals surface area contributed by atoms with Crippen LogP contribution in [-0.2, 0) is 16.0 Å². The maximum absolute atomic E-state index is 13.2. The zero-order valence-corrected chi connectivity index (χ0v) is 16.9. The van der Waals surface area contributed by atoms with Gasteiger partial charge in [-0.15, -0.1) is 0 Å². The Labute approximate surface area is 167 Å². The number of likely N-dealkylation sites (tertiary alicyclic amines) is 1. The Kier molecular flexibility index (Phi) is 6.50. The largest absolute Gasteiger partial charge is 0.356 e. The second-order valence-electron chi connectivity index (χ2n) is 7.61. The molecule has 0 radical (unpaired) electrons. The molecule has 1 heterocycles. The quantitative estimate of drug-likeness (QED) is 0.824. The molecule has 1 aliphatic rings. The normalized spacial score (nSPS) is 19.3. The molecule has 28 heavy (non-hydrogen) atoms. The summed E-state index contributed by atoms with van der Waals surface area (Å²) in [4.78, 5) is 27.4. The van der Waals surface area contributed by atoms with Crippen LogP contribution in [0.3, 0.4) is 0 Å². The standard InChI is InChI=1S/C24H30N2O2/c1-3-22(27)26-16-10-15-24(18-26,23(28)25-4-2)17-20-13-8-9-14-21(20)19-11-6-5-7-12-19/h5-9,11-14H,3-4,10,15-18H2,1-2H3,(H,25,28)/t24-/m0/s1. The van der Waals surface area contributed by atoms with Crippen molar-refractivity contribution < 1.29 is 9.59 Å². The van der Waals surface area contributed by atoms with E-state index in [1.807, 2.05) is 49.1 Å². The number of rotatable bonds is 6. The molecule has 2 aromatic rings. The van der Waals surface area contributed by atoms with E-state index in [2.05, 4.69) is 29.6 Å². The molecule has 0 aliphatic carbocycles. The van der Waals surface area contributed by atoms with Crippen molar-refractivity contribution in [3.63, 3.8) is 0 Å². The molecule has 0 aromatic heterocycles. The first-order chi connectivity index (χ1) is 13.6. The van der Waals surface area contributed by atoms with Gasteiger partial charge in [0.15, 0.2) is 0 Å². The topological polar surface area (TPSA) is 49.4 Å². The summed E-state index contributed by atoms with van der Waals surface area (Å²) >= 11 is 0. The van der Waals surface area contributed by atoms with Gasteiger partial charge in [-0.2, -0.15) is 0 Å². The highest BCUT2D eigenvalue weighted by atomic mass is 16.2. The number of piperidine rings is 1. The van der Waals surface area contributed by atoms with E-state index < -0.39 is 5.41 Å². The summed E-state index contributed by atoms with van der Waals surface area (Å²) in [5, 5.41) is 3.04. The van der Waals surface area contributed by atoms with E-state index in [1.54, 1.807) is 0 Å². The summed E-state index contributed by atoms with van der Waals surface area (Å²) in [6.45, 7) is 5.67. The van der Waals surface area contributed by atoms with Gasteiger partial charge in [-0.3, -0.25) is 9.59 Å². The molecular formula is C24H30N2O2.